The number of amides is 1. The molecule has 1 aromatic carbocycles. The maximum atomic E-state index is 12.3. The van der Waals surface area contributed by atoms with Gasteiger partial charge in [0.1, 0.15) is 0 Å². The predicted octanol–water partition coefficient (Wildman–Crippen LogP) is 2.16. The van der Waals surface area contributed by atoms with Crippen LogP contribution in [-0.4, -0.2) is 44.0 Å². The number of furan rings is 1. The standard InChI is InChI=1S/C15H17ClN2O4S/c1-10-11-4-2-5-12(16)14(11)22-13(10)15(19)17-6-8-18-7-3-9-23(18,20)21/h2,4-5H,3,6-9H2,1H3,(H,17,19). The number of fused-ring (bicyclic) bond motifs is 1. The molecule has 0 radical (unpaired) electrons. The molecule has 1 amide bonds. The van der Waals surface area contributed by atoms with Crippen molar-refractivity contribution >= 4 is 38.5 Å². The molecule has 23 heavy (non-hydrogen) atoms. The van der Waals surface area contributed by atoms with E-state index < -0.39 is 10.0 Å². The van der Waals surface area contributed by atoms with E-state index in [1.807, 2.05) is 6.07 Å². The molecule has 0 atom stereocenters. The van der Waals surface area contributed by atoms with Crippen LogP contribution in [0.4, 0.5) is 0 Å². The van der Waals surface area contributed by atoms with Crippen molar-refractivity contribution < 1.29 is 17.6 Å². The molecule has 124 valence electrons. The Balaban J connectivity index is 1.69. The number of sulfonamides is 1. The van der Waals surface area contributed by atoms with Gasteiger partial charge in [-0.25, -0.2) is 12.7 Å². The minimum atomic E-state index is -3.14. The van der Waals surface area contributed by atoms with Gasteiger partial charge < -0.3 is 9.73 Å². The summed E-state index contributed by atoms with van der Waals surface area (Å²) >= 11 is 6.07. The van der Waals surface area contributed by atoms with Crippen LogP contribution in [0.5, 0.6) is 0 Å². The number of hydrogen-bond donors (Lipinski definition) is 1. The summed E-state index contributed by atoms with van der Waals surface area (Å²) in [7, 11) is -3.14. The maximum Gasteiger partial charge on any atom is 0.287 e. The molecule has 6 nitrogen and oxygen atoms in total. The number of rotatable bonds is 4. The van der Waals surface area contributed by atoms with Crippen molar-refractivity contribution in [2.24, 2.45) is 0 Å². The van der Waals surface area contributed by atoms with E-state index in [1.165, 1.54) is 4.31 Å². The first kappa shape index (κ1) is 16.3. The van der Waals surface area contributed by atoms with Crippen LogP contribution in [0.25, 0.3) is 11.0 Å². The highest BCUT2D eigenvalue weighted by molar-refractivity contribution is 7.89. The third kappa shape index (κ3) is 3.08. The van der Waals surface area contributed by atoms with E-state index in [0.717, 1.165) is 5.39 Å². The van der Waals surface area contributed by atoms with Crippen molar-refractivity contribution in [2.45, 2.75) is 13.3 Å². The molecule has 0 bridgehead atoms. The first-order valence-electron chi connectivity index (χ1n) is 7.34. The number of para-hydroxylation sites is 1. The quantitative estimate of drug-likeness (QED) is 0.910. The highest BCUT2D eigenvalue weighted by Crippen LogP contribution is 2.30. The van der Waals surface area contributed by atoms with E-state index in [4.69, 9.17) is 16.0 Å². The Hall–Kier alpha value is -1.57. The molecule has 0 saturated carbocycles. The normalized spacial score (nSPS) is 17.7. The Bertz CT molecular complexity index is 860. The molecule has 1 fully saturated rings. The van der Waals surface area contributed by atoms with Gasteiger partial charge in [0.25, 0.3) is 5.91 Å². The van der Waals surface area contributed by atoms with Crippen LogP contribution in [0.15, 0.2) is 22.6 Å². The minimum Gasteiger partial charge on any atom is -0.449 e. The zero-order valence-electron chi connectivity index (χ0n) is 12.6. The fourth-order valence-corrected chi connectivity index (χ4v) is 4.48. The largest absolute Gasteiger partial charge is 0.449 e. The van der Waals surface area contributed by atoms with Crippen molar-refractivity contribution in [1.29, 1.82) is 0 Å². The van der Waals surface area contributed by atoms with Gasteiger partial charge in [-0.3, -0.25) is 4.79 Å². The smallest absolute Gasteiger partial charge is 0.287 e. The van der Waals surface area contributed by atoms with Gasteiger partial charge in [-0.2, -0.15) is 0 Å². The van der Waals surface area contributed by atoms with Crippen molar-refractivity contribution in [1.82, 2.24) is 9.62 Å². The van der Waals surface area contributed by atoms with E-state index in [1.54, 1.807) is 19.1 Å². The van der Waals surface area contributed by atoms with E-state index in [9.17, 15) is 13.2 Å². The molecule has 1 saturated heterocycles. The molecule has 1 aromatic heterocycles. The molecule has 0 aliphatic carbocycles. The van der Waals surface area contributed by atoms with Gasteiger partial charge in [-0.05, 0) is 19.4 Å². The Morgan fingerprint density at radius 2 is 2.22 bits per heavy atom. The van der Waals surface area contributed by atoms with Crippen molar-refractivity contribution in [3.05, 3.63) is 34.5 Å². The van der Waals surface area contributed by atoms with Gasteiger partial charge in [-0.15, -0.1) is 0 Å². The second-order valence-corrected chi connectivity index (χ2v) is 7.99. The Morgan fingerprint density at radius 3 is 2.87 bits per heavy atom. The number of carbonyl (C=O) groups is 1. The summed E-state index contributed by atoms with van der Waals surface area (Å²) in [4.78, 5) is 12.3. The highest BCUT2D eigenvalue weighted by atomic mass is 35.5. The molecular formula is C15H17ClN2O4S. The lowest BCUT2D eigenvalue weighted by molar-refractivity contribution is 0.0925. The number of nitrogens with one attached hydrogen (secondary N) is 1. The van der Waals surface area contributed by atoms with Crippen molar-refractivity contribution in [2.75, 3.05) is 25.4 Å². The van der Waals surface area contributed by atoms with Gasteiger partial charge >= 0.3 is 0 Å². The van der Waals surface area contributed by atoms with Crippen LogP contribution in [0, 0.1) is 6.92 Å². The van der Waals surface area contributed by atoms with Crippen LogP contribution in [0.1, 0.15) is 22.5 Å². The van der Waals surface area contributed by atoms with Crippen LogP contribution >= 0.6 is 11.6 Å². The molecular weight excluding hydrogens is 340 g/mol. The monoisotopic (exact) mass is 356 g/mol. The van der Waals surface area contributed by atoms with Crippen LogP contribution in [0.2, 0.25) is 5.02 Å². The molecule has 8 heteroatoms. The molecule has 0 spiro atoms. The molecule has 1 aliphatic rings. The molecule has 2 aromatic rings. The summed E-state index contributed by atoms with van der Waals surface area (Å²) in [5.41, 5.74) is 1.20. The van der Waals surface area contributed by atoms with Gasteiger partial charge in [0.15, 0.2) is 11.3 Å². The fraction of sp³-hybridized carbons (Fsp3) is 0.400. The van der Waals surface area contributed by atoms with Crippen LogP contribution < -0.4 is 5.32 Å². The lowest BCUT2D eigenvalue weighted by Gasteiger charge is -2.14. The molecule has 0 unspecified atom stereocenters. The van der Waals surface area contributed by atoms with E-state index >= 15 is 0 Å². The Labute approximate surface area is 139 Å². The first-order valence-corrected chi connectivity index (χ1v) is 9.32. The fourth-order valence-electron chi connectivity index (χ4n) is 2.74. The highest BCUT2D eigenvalue weighted by Gasteiger charge is 2.27. The SMILES string of the molecule is Cc1c(C(=O)NCCN2CCCS2(=O)=O)oc2c(Cl)cccc12. The minimum absolute atomic E-state index is 0.183. The third-order valence-corrected chi connectivity index (χ3v) is 6.23. The van der Waals surface area contributed by atoms with Crippen molar-refractivity contribution in [3.63, 3.8) is 0 Å². The predicted molar refractivity (Wildman–Crippen MR) is 88.3 cm³/mol. The molecule has 2 heterocycles. The van der Waals surface area contributed by atoms with Gasteiger partial charge in [-0.1, -0.05) is 23.7 Å². The van der Waals surface area contributed by atoms with Crippen LogP contribution in [0.3, 0.4) is 0 Å². The topological polar surface area (TPSA) is 79.6 Å². The Kier molecular flexibility index (Phi) is 4.35. The van der Waals surface area contributed by atoms with Gasteiger partial charge in [0.05, 0.1) is 10.8 Å². The first-order chi connectivity index (χ1) is 10.9. The second-order valence-electron chi connectivity index (χ2n) is 5.50. The average molecular weight is 357 g/mol. The number of nitrogens with zero attached hydrogens (tertiary/aromatic N) is 1. The molecule has 3 rings (SSSR count). The number of aryl methyl sites for hydroxylation is 1. The van der Waals surface area contributed by atoms with E-state index in [0.29, 0.717) is 29.1 Å². The summed E-state index contributed by atoms with van der Waals surface area (Å²) in [5.74, 6) is 0.0195. The van der Waals surface area contributed by atoms with Crippen molar-refractivity contribution in [3.8, 4) is 0 Å². The summed E-state index contributed by atoms with van der Waals surface area (Å²) in [6.07, 6.45) is 0.636. The second kappa shape index (κ2) is 6.14. The van der Waals surface area contributed by atoms with Crippen LogP contribution in [-0.2, 0) is 10.0 Å². The number of hydrogen-bond acceptors (Lipinski definition) is 4. The summed E-state index contributed by atoms with van der Waals surface area (Å²) < 4.78 is 30.4. The lowest BCUT2D eigenvalue weighted by Crippen LogP contribution is -2.35. The summed E-state index contributed by atoms with van der Waals surface area (Å²) in [6.45, 7) is 2.82. The number of carbonyl (C=O) groups excluding carboxylic acids is 1. The zero-order chi connectivity index (χ0) is 16.6. The maximum absolute atomic E-state index is 12.3. The average Bonchev–Trinajstić information content (AvgIpc) is 3.01. The summed E-state index contributed by atoms with van der Waals surface area (Å²) in [5, 5.41) is 3.95. The van der Waals surface area contributed by atoms with E-state index in [2.05, 4.69) is 5.32 Å². The third-order valence-electron chi connectivity index (χ3n) is 3.97. The number of halogens is 1. The molecule has 1 aliphatic heterocycles. The van der Waals surface area contributed by atoms with Gasteiger partial charge in [0, 0.05) is 30.6 Å². The summed E-state index contributed by atoms with van der Waals surface area (Å²) in [6, 6.07) is 5.34. The Morgan fingerprint density at radius 1 is 1.43 bits per heavy atom. The zero-order valence-corrected chi connectivity index (χ0v) is 14.2. The van der Waals surface area contributed by atoms with E-state index in [-0.39, 0.29) is 30.5 Å². The molecule has 1 N–H and O–H groups in total. The number of benzene rings is 1. The lowest BCUT2D eigenvalue weighted by atomic mass is 10.1. The van der Waals surface area contributed by atoms with Gasteiger partial charge in [0.2, 0.25) is 10.0 Å².